The Bertz CT molecular complexity index is 1220. The zero-order valence-corrected chi connectivity index (χ0v) is 18.9. The highest BCUT2D eigenvalue weighted by Crippen LogP contribution is 2.59. The number of benzene rings is 3. The first kappa shape index (κ1) is 22.7. The minimum Gasteiger partial charge on any atom is -0.459 e. The first-order valence-electron chi connectivity index (χ1n) is 11.3. The molecular formula is C28H25F3O3. The molecule has 3 aromatic carbocycles. The molecule has 34 heavy (non-hydrogen) atoms. The van der Waals surface area contributed by atoms with Crippen LogP contribution in [0.4, 0.5) is 13.2 Å². The number of rotatable bonds is 4. The van der Waals surface area contributed by atoms with Crippen LogP contribution in [-0.2, 0) is 25.3 Å². The van der Waals surface area contributed by atoms with Crippen LogP contribution in [0.1, 0.15) is 42.4 Å². The molecule has 0 amide bonds. The van der Waals surface area contributed by atoms with Gasteiger partial charge in [-0.1, -0.05) is 85.8 Å². The number of halogens is 3. The van der Waals surface area contributed by atoms with E-state index in [2.05, 4.69) is 12.1 Å². The molecule has 0 radical (unpaired) electrons. The molecule has 3 aromatic rings. The molecule has 0 spiro atoms. The summed E-state index contributed by atoms with van der Waals surface area (Å²) >= 11 is 0. The average Bonchev–Trinajstić information content (AvgIpc) is 3.17. The Hall–Kier alpha value is -3.12. The maximum Gasteiger partial charge on any atom is 0.432 e. The lowest BCUT2D eigenvalue weighted by Crippen LogP contribution is -2.54. The number of esters is 1. The molecule has 0 unspecified atom stereocenters. The highest BCUT2D eigenvalue weighted by molar-refractivity contribution is 5.83. The van der Waals surface area contributed by atoms with Gasteiger partial charge in [-0.3, -0.25) is 0 Å². The maximum absolute atomic E-state index is 14.4. The molecule has 1 fully saturated rings. The van der Waals surface area contributed by atoms with Crippen molar-refractivity contribution in [1.82, 2.24) is 0 Å². The van der Waals surface area contributed by atoms with Crippen molar-refractivity contribution < 1.29 is 27.4 Å². The van der Waals surface area contributed by atoms with Crippen molar-refractivity contribution >= 4 is 5.97 Å². The lowest BCUT2D eigenvalue weighted by molar-refractivity contribution is -0.279. The van der Waals surface area contributed by atoms with Gasteiger partial charge in [-0.2, -0.15) is 13.2 Å². The van der Waals surface area contributed by atoms with Crippen molar-refractivity contribution in [2.45, 2.75) is 49.0 Å². The summed E-state index contributed by atoms with van der Waals surface area (Å²) < 4.78 is 54.0. The molecule has 5 rings (SSSR count). The zero-order chi connectivity index (χ0) is 24.1. The van der Waals surface area contributed by atoms with Gasteiger partial charge in [0.05, 0.1) is 0 Å². The third-order valence-corrected chi connectivity index (χ3v) is 7.67. The largest absolute Gasteiger partial charge is 0.459 e. The van der Waals surface area contributed by atoms with E-state index in [0.29, 0.717) is 12.8 Å². The zero-order valence-electron chi connectivity index (χ0n) is 18.9. The number of methoxy groups -OCH3 is 1. The van der Waals surface area contributed by atoms with E-state index in [-0.39, 0.29) is 11.5 Å². The van der Waals surface area contributed by atoms with Crippen molar-refractivity contribution in [2.75, 3.05) is 7.11 Å². The first-order chi connectivity index (χ1) is 16.2. The van der Waals surface area contributed by atoms with E-state index in [9.17, 15) is 18.0 Å². The van der Waals surface area contributed by atoms with Gasteiger partial charge in [-0.25, -0.2) is 4.79 Å². The number of hydrogen-bond acceptors (Lipinski definition) is 3. The van der Waals surface area contributed by atoms with Crippen LogP contribution in [-0.4, -0.2) is 25.4 Å². The van der Waals surface area contributed by atoms with E-state index in [1.807, 2.05) is 43.3 Å². The summed E-state index contributed by atoms with van der Waals surface area (Å²) in [7, 11) is 0.896. The van der Waals surface area contributed by atoms with Crippen LogP contribution < -0.4 is 0 Å². The number of carbonyl (C=O) groups excluding carboxylic acids is 1. The standard InChI is InChI=1S/C28H25F3O3/c1-26-22-15-9-8-14-20(22)19-12-6-7-13-21(19)23(26)16-17-24(26)34-25(32)27(33-2,28(29,30)31)18-10-4-3-5-11-18/h3-15,23-24H,16-17H2,1-2H3/t23-,24-,26-,27-/m1/s1. The second-order valence-electron chi connectivity index (χ2n) is 9.19. The summed E-state index contributed by atoms with van der Waals surface area (Å²) in [6.07, 6.45) is -4.57. The average molecular weight is 466 g/mol. The van der Waals surface area contributed by atoms with Crippen molar-refractivity contribution in [1.29, 1.82) is 0 Å². The minimum absolute atomic E-state index is 0.0240. The van der Waals surface area contributed by atoms with Crippen LogP contribution in [0.3, 0.4) is 0 Å². The Labute approximate surface area is 196 Å². The maximum atomic E-state index is 14.4. The number of hydrogen-bond donors (Lipinski definition) is 0. The van der Waals surface area contributed by atoms with E-state index < -0.39 is 29.3 Å². The Balaban J connectivity index is 1.58. The van der Waals surface area contributed by atoms with Gasteiger partial charge in [0.15, 0.2) is 0 Å². The molecule has 2 aliphatic carbocycles. The van der Waals surface area contributed by atoms with Gasteiger partial charge < -0.3 is 9.47 Å². The van der Waals surface area contributed by atoms with Gasteiger partial charge in [-0.15, -0.1) is 0 Å². The molecular weight excluding hydrogens is 441 g/mol. The van der Waals surface area contributed by atoms with Crippen molar-refractivity contribution in [3.05, 3.63) is 95.6 Å². The quantitative estimate of drug-likeness (QED) is 0.411. The topological polar surface area (TPSA) is 35.5 Å². The third-order valence-electron chi connectivity index (χ3n) is 7.67. The van der Waals surface area contributed by atoms with Gasteiger partial charge in [0.1, 0.15) is 6.10 Å². The van der Waals surface area contributed by atoms with Gasteiger partial charge in [-0.05, 0) is 41.0 Å². The molecule has 3 nitrogen and oxygen atoms in total. The number of ether oxygens (including phenoxy) is 2. The van der Waals surface area contributed by atoms with Crippen molar-refractivity contribution in [2.24, 2.45) is 0 Å². The predicted octanol–water partition coefficient (Wildman–Crippen LogP) is 6.52. The summed E-state index contributed by atoms with van der Waals surface area (Å²) in [6.45, 7) is 2.00. The van der Waals surface area contributed by atoms with E-state index in [1.165, 1.54) is 24.3 Å². The fraction of sp³-hybridized carbons (Fsp3) is 0.321. The Morgan fingerprint density at radius 2 is 1.50 bits per heavy atom. The molecule has 176 valence electrons. The molecule has 6 heteroatoms. The van der Waals surface area contributed by atoms with Crippen LogP contribution in [0, 0.1) is 0 Å². The summed E-state index contributed by atoms with van der Waals surface area (Å²) in [5, 5.41) is 0. The van der Waals surface area contributed by atoms with E-state index >= 15 is 0 Å². The molecule has 0 aliphatic heterocycles. The lowest BCUT2D eigenvalue weighted by Gasteiger charge is -2.43. The Morgan fingerprint density at radius 1 is 0.882 bits per heavy atom. The fourth-order valence-electron chi connectivity index (χ4n) is 6.00. The summed E-state index contributed by atoms with van der Waals surface area (Å²) in [5.41, 5.74) is 0.110. The molecule has 4 atom stereocenters. The van der Waals surface area contributed by atoms with Crippen LogP contribution in [0.2, 0.25) is 0 Å². The highest BCUT2D eigenvalue weighted by Gasteiger charge is 2.65. The Kier molecular flexibility index (Phi) is 5.32. The summed E-state index contributed by atoms with van der Waals surface area (Å²) in [4.78, 5) is 13.4. The predicted molar refractivity (Wildman–Crippen MR) is 122 cm³/mol. The number of fused-ring (bicyclic) bond motifs is 6. The highest BCUT2D eigenvalue weighted by atomic mass is 19.4. The second-order valence-corrected chi connectivity index (χ2v) is 9.19. The molecule has 0 saturated heterocycles. The minimum atomic E-state index is -5.00. The molecule has 2 aliphatic rings. The van der Waals surface area contributed by atoms with Gasteiger partial charge in [0.2, 0.25) is 0 Å². The van der Waals surface area contributed by atoms with Crippen molar-refractivity contribution in [3.63, 3.8) is 0 Å². The summed E-state index contributed by atoms with van der Waals surface area (Å²) in [6, 6.07) is 22.9. The number of alkyl halides is 3. The normalized spacial score (nSPS) is 25.0. The first-order valence-corrected chi connectivity index (χ1v) is 11.3. The molecule has 0 aromatic heterocycles. The van der Waals surface area contributed by atoms with Gasteiger partial charge >= 0.3 is 12.1 Å². The Morgan fingerprint density at radius 3 is 2.18 bits per heavy atom. The molecule has 1 saturated carbocycles. The summed E-state index contributed by atoms with van der Waals surface area (Å²) in [5.74, 6) is -1.41. The molecule has 0 heterocycles. The monoisotopic (exact) mass is 466 g/mol. The smallest absolute Gasteiger partial charge is 0.432 e. The van der Waals surface area contributed by atoms with E-state index in [0.717, 1.165) is 29.4 Å². The third kappa shape index (κ3) is 3.04. The van der Waals surface area contributed by atoms with Crippen LogP contribution in [0.15, 0.2) is 78.9 Å². The van der Waals surface area contributed by atoms with Crippen LogP contribution >= 0.6 is 0 Å². The second kappa shape index (κ2) is 7.98. The van der Waals surface area contributed by atoms with Crippen LogP contribution in [0.25, 0.3) is 11.1 Å². The molecule has 0 bridgehead atoms. The van der Waals surface area contributed by atoms with E-state index in [4.69, 9.17) is 9.47 Å². The molecule has 0 N–H and O–H groups in total. The van der Waals surface area contributed by atoms with Gasteiger partial charge in [0.25, 0.3) is 5.60 Å². The van der Waals surface area contributed by atoms with E-state index in [1.54, 1.807) is 6.07 Å². The SMILES string of the molecule is CO[C@@](C(=O)O[C@@H]1CC[C@@H]2c3ccccc3-c3ccccc3[C@]21C)(c1ccccc1)C(F)(F)F. The lowest BCUT2D eigenvalue weighted by atomic mass is 9.63. The van der Waals surface area contributed by atoms with Crippen molar-refractivity contribution in [3.8, 4) is 11.1 Å². The van der Waals surface area contributed by atoms with Crippen LogP contribution in [0.5, 0.6) is 0 Å². The number of carbonyl (C=O) groups is 1. The van der Waals surface area contributed by atoms with Gasteiger partial charge in [0, 0.05) is 18.1 Å². The fourth-order valence-corrected chi connectivity index (χ4v) is 6.00.